The molecular formula is C21H26N2O4. The van der Waals surface area contributed by atoms with Crippen LogP contribution in [0.1, 0.15) is 31.4 Å². The number of amides is 1. The molecule has 0 heterocycles. The zero-order valence-corrected chi connectivity index (χ0v) is 16.0. The Balaban J connectivity index is 1.88. The van der Waals surface area contributed by atoms with Gasteiger partial charge in [-0.2, -0.15) is 0 Å². The number of aryl methyl sites for hydroxylation is 1. The number of rotatable bonds is 10. The van der Waals surface area contributed by atoms with Gasteiger partial charge in [-0.15, -0.1) is 0 Å². The van der Waals surface area contributed by atoms with Crippen molar-refractivity contribution in [3.63, 3.8) is 0 Å². The van der Waals surface area contributed by atoms with Crippen LogP contribution in [0.25, 0.3) is 0 Å². The van der Waals surface area contributed by atoms with Crippen LogP contribution in [0.4, 0.5) is 5.69 Å². The third-order valence-corrected chi connectivity index (χ3v) is 3.62. The van der Waals surface area contributed by atoms with E-state index in [-0.39, 0.29) is 12.5 Å². The van der Waals surface area contributed by atoms with Crippen molar-refractivity contribution in [2.24, 2.45) is 5.16 Å². The van der Waals surface area contributed by atoms with Gasteiger partial charge in [-0.25, -0.2) is 0 Å². The normalized spacial score (nSPS) is 10.6. The van der Waals surface area contributed by atoms with E-state index >= 15 is 0 Å². The van der Waals surface area contributed by atoms with Crippen LogP contribution in [0, 0.1) is 6.92 Å². The molecule has 0 atom stereocenters. The minimum Gasteiger partial charge on any atom is -0.490 e. The highest BCUT2D eigenvalue weighted by Gasteiger charge is 2.06. The Morgan fingerprint density at radius 1 is 1.11 bits per heavy atom. The average molecular weight is 370 g/mol. The summed E-state index contributed by atoms with van der Waals surface area (Å²) in [7, 11) is 0. The van der Waals surface area contributed by atoms with Crippen LogP contribution in [0.5, 0.6) is 11.5 Å². The van der Waals surface area contributed by atoms with Crippen LogP contribution in [0.2, 0.25) is 0 Å². The quantitative estimate of drug-likeness (QED) is 0.503. The van der Waals surface area contributed by atoms with Crippen molar-refractivity contribution in [3.8, 4) is 11.5 Å². The fraction of sp³-hybridized carbons (Fsp3) is 0.333. The van der Waals surface area contributed by atoms with E-state index < -0.39 is 0 Å². The number of oxime groups is 1. The second-order valence-electron chi connectivity index (χ2n) is 5.86. The van der Waals surface area contributed by atoms with Crippen molar-refractivity contribution >= 4 is 17.8 Å². The summed E-state index contributed by atoms with van der Waals surface area (Å²) in [4.78, 5) is 17.0. The van der Waals surface area contributed by atoms with Gasteiger partial charge in [-0.1, -0.05) is 30.3 Å². The highest BCUT2D eigenvalue weighted by molar-refractivity contribution is 5.92. The van der Waals surface area contributed by atoms with Gasteiger partial charge in [0.1, 0.15) is 0 Å². The summed E-state index contributed by atoms with van der Waals surface area (Å²) in [6, 6.07) is 13.1. The van der Waals surface area contributed by atoms with Gasteiger partial charge in [0, 0.05) is 11.3 Å². The number of nitrogens with zero attached hydrogens (tertiary/aromatic N) is 1. The molecule has 0 radical (unpaired) electrons. The third kappa shape index (κ3) is 6.66. The van der Waals surface area contributed by atoms with Gasteiger partial charge in [0.05, 0.1) is 19.4 Å². The Morgan fingerprint density at radius 2 is 1.93 bits per heavy atom. The number of hydrogen-bond donors (Lipinski definition) is 1. The molecule has 0 bridgehead atoms. The molecule has 0 saturated carbocycles. The highest BCUT2D eigenvalue weighted by Crippen LogP contribution is 2.28. The molecule has 2 rings (SSSR count). The summed E-state index contributed by atoms with van der Waals surface area (Å²) < 4.78 is 11.3. The summed E-state index contributed by atoms with van der Waals surface area (Å²) in [5.74, 6) is 1.10. The summed E-state index contributed by atoms with van der Waals surface area (Å²) in [6.07, 6.45) is 2.46. The zero-order chi connectivity index (χ0) is 19.5. The van der Waals surface area contributed by atoms with E-state index in [9.17, 15) is 4.79 Å². The maximum atomic E-state index is 11.9. The van der Waals surface area contributed by atoms with Crippen molar-refractivity contribution in [2.75, 3.05) is 25.1 Å². The monoisotopic (exact) mass is 370 g/mol. The number of carbonyl (C=O) groups excluding carboxylic acids is 1. The van der Waals surface area contributed by atoms with Gasteiger partial charge in [0.25, 0.3) is 5.91 Å². The van der Waals surface area contributed by atoms with Gasteiger partial charge >= 0.3 is 0 Å². The average Bonchev–Trinajstić information content (AvgIpc) is 2.66. The topological polar surface area (TPSA) is 69.2 Å². The number of para-hydroxylation sites is 1. The van der Waals surface area contributed by atoms with Crippen LogP contribution < -0.4 is 14.8 Å². The van der Waals surface area contributed by atoms with E-state index in [0.717, 1.165) is 23.2 Å². The number of nitrogens with one attached hydrogen (secondary N) is 1. The molecule has 1 amide bonds. The van der Waals surface area contributed by atoms with Crippen LogP contribution in [0.15, 0.2) is 47.6 Å². The minimum absolute atomic E-state index is 0.166. The van der Waals surface area contributed by atoms with Crippen LogP contribution in [-0.4, -0.2) is 31.9 Å². The fourth-order valence-corrected chi connectivity index (χ4v) is 2.30. The molecule has 6 heteroatoms. The van der Waals surface area contributed by atoms with Crippen molar-refractivity contribution in [2.45, 2.75) is 27.2 Å². The summed E-state index contributed by atoms with van der Waals surface area (Å²) >= 11 is 0. The lowest BCUT2D eigenvalue weighted by atomic mass is 10.2. The Morgan fingerprint density at radius 3 is 2.67 bits per heavy atom. The van der Waals surface area contributed by atoms with E-state index in [4.69, 9.17) is 14.3 Å². The SMILES string of the molecule is CCCOc1ccc(C=NOCC(=O)Nc2ccccc2C)cc1OCC. The van der Waals surface area contributed by atoms with Crippen molar-refractivity contribution < 1.29 is 19.1 Å². The maximum absolute atomic E-state index is 11.9. The standard InChI is InChI=1S/C21H26N2O4/c1-4-12-26-19-11-10-17(13-20(19)25-5-2)14-22-27-15-21(24)23-18-9-7-6-8-16(18)3/h6-11,13-14H,4-5,12,15H2,1-3H3,(H,23,24). The summed E-state index contributed by atoms with van der Waals surface area (Å²) in [6.45, 7) is 6.90. The first kappa shape index (κ1) is 20.3. The summed E-state index contributed by atoms with van der Waals surface area (Å²) in [5.41, 5.74) is 2.55. The molecule has 144 valence electrons. The predicted molar refractivity (Wildman–Crippen MR) is 107 cm³/mol. The molecule has 6 nitrogen and oxygen atoms in total. The first-order valence-electron chi connectivity index (χ1n) is 9.04. The molecule has 1 N–H and O–H groups in total. The first-order chi connectivity index (χ1) is 13.1. The number of carbonyl (C=O) groups is 1. The van der Waals surface area contributed by atoms with E-state index in [1.54, 1.807) is 0 Å². The molecule has 0 saturated heterocycles. The number of hydrogen-bond acceptors (Lipinski definition) is 5. The number of ether oxygens (including phenoxy) is 2. The Kier molecular flexibility index (Phi) is 8.16. The van der Waals surface area contributed by atoms with Crippen molar-refractivity contribution in [1.29, 1.82) is 0 Å². The van der Waals surface area contributed by atoms with Crippen LogP contribution in [0.3, 0.4) is 0 Å². The number of benzene rings is 2. The molecule has 0 aliphatic carbocycles. The Labute approximate surface area is 160 Å². The minimum atomic E-state index is -0.264. The van der Waals surface area contributed by atoms with Crippen LogP contribution in [-0.2, 0) is 9.63 Å². The second kappa shape index (κ2) is 10.9. The molecule has 2 aromatic carbocycles. The maximum Gasteiger partial charge on any atom is 0.265 e. The van der Waals surface area contributed by atoms with E-state index in [0.29, 0.717) is 24.7 Å². The van der Waals surface area contributed by atoms with Gasteiger partial charge in [-0.05, 0) is 50.1 Å². The van der Waals surface area contributed by atoms with E-state index in [1.807, 2.05) is 63.2 Å². The van der Waals surface area contributed by atoms with Gasteiger partial charge in [0.15, 0.2) is 18.1 Å². The Bertz CT molecular complexity index is 775. The molecule has 0 spiro atoms. The second-order valence-corrected chi connectivity index (χ2v) is 5.86. The van der Waals surface area contributed by atoms with Crippen molar-refractivity contribution in [1.82, 2.24) is 0 Å². The zero-order valence-electron chi connectivity index (χ0n) is 16.0. The molecule has 0 aliphatic rings. The molecular weight excluding hydrogens is 344 g/mol. The van der Waals surface area contributed by atoms with E-state index in [2.05, 4.69) is 10.5 Å². The smallest absolute Gasteiger partial charge is 0.265 e. The van der Waals surface area contributed by atoms with Gasteiger partial charge in [-0.3, -0.25) is 4.79 Å². The lowest BCUT2D eigenvalue weighted by Crippen LogP contribution is -2.17. The summed E-state index contributed by atoms with van der Waals surface area (Å²) in [5, 5.41) is 6.64. The lowest BCUT2D eigenvalue weighted by molar-refractivity contribution is -0.120. The van der Waals surface area contributed by atoms with Gasteiger partial charge in [0.2, 0.25) is 0 Å². The molecule has 0 fully saturated rings. The molecule has 27 heavy (non-hydrogen) atoms. The fourth-order valence-electron chi connectivity index (χ4n) is 2.30. The molecule has 0 aromatic heterocycles. The molecule has 2 aromatic rings. The van der Waals surface area contributed by atoms with Gasteiger partial charge < -0.3 is 19.6 Å². The molecule has 0 aliphatic heterocycles. The largest absolute Gasteiger partial charge is 0.490 e. The Hall–Kier alpha value is -3.02. The first-order valence-corrected chi connectivity index (χ1v) is 9.04. The van der Waals surface area contributed by atoms with E-state index in [1.165, 1.54) is 6.21 Å². The number of anilines is 1. The molecule has 0 unspecified atom stereocenters. The van der Waals surface area contributed by atoms with Crippen LogP contribution >= 0.6 is 0 Å². The highest BCUT2D eigenvalue weighted by atomic mass is 16.6. The third-order valence-electron chi connectivity index (χ3n) is 3.62. The predicted octanol–water partition coefficient (Wildman–Crippen LogP) is 4.17. The lowest BCUT2D eigenvalue weighted by Gasteiger charge is -2.11. The van der Waals surface area contributed by atoms with Crippen molar-refractivity contribution in [3.05, 3.63) is 53.6 Å².